The van der Waals surface area contributed by atoms with Gasteiger partial charge in [-0.2, -0.15) is 0 Å². The molecule has 0 amide bonds. The highest BCUT2D eigenvalue weighted by molar-refractivity contribution is 6.18. The van der Waals surface area contributed by atoms with Gasteiger partial charge >= 0.3 is 5.97 Å². The Morgan fingerprint density at radius 1 is 0.976 bits per heavy atom. The molecule has 1 saturated carbocycles. The molecule has 8 heteroatoms. The zero-order valence-electron chi connectivity index (χ0n) is 24.7. The molecule has 218 valence electrons. The normalized spacial score (nSPS) is 28.9. The lowest BCUT2D eigenvalue weighted by Crippen LogP contribution is -2.72. The van der Waals surface area contributed by atoms with Gasteiger partial charge in [0.2, 0.25) is 0 Å². The molecule has 0 aromatic heterocycles. The van der Waals surface area contributed by atoms with Crippen molar-refractivity contribution in [3.8, 4) is 17.2 Å². The third-order valence-corrected chi connectivity index (χ3v) is 9.15. The maximum absolute atomic E-state index is 14.5. The molecule has 6 rings (SSSR count). The summed E-state index contributed by atoms with van der Waals surface area (Å²) in [4.78, 5) is 40.2. The molecular weight excluding hydrogens is 524 g/mol. The van der Waals surface area contributed by atoms with Crippen LogP contribution in [0.5, 0.6) is 17.2 Å². The number of rotatable bonds is 7. The highest BCUT2D eigenvalue weighted by atomic mass is 16.6. The number of ketones is 2. The molecule has 3 aliphatic carbocycles. The Hall–Kier alpha value is -3.65. The minimum absolute atomic E-state index is 0.0291. The van der Waals surface area contributed by atoms with Crippen LogP contribution >= 0.6 is 0 Å². The van der Waals surface area contributed by atoms with E-state index in [0.717, 1.165) is 11.1 Å². The summed E-state index contributed by atoms with van der Waals surface area (Å²) >= 11 is 0. The molecule has 5 aliphatic rings. The minimum atomic E-state index is -1.65. The van der Waals surface area contributed by atoms with Gasteiger partial charge in [0.15, 0.2) is 22.8 Å². The summed E-state index contributed by atoms with van der Waals surface area (Å²) in [7, 11) is 0. The zero-order chi connectivity index (χ0) is 30.2. The SMILES string of the molecule is CC(C)=CCc1c(O)c(CC=C(C)C)c2c(c1O)C(=O)C1=C[C@H]3C[C@@H]4C(C)(C)O[C@@](C/C=C(/C)C(=O)O)(C3=O)[C@@]14O2. The van der Waals surface area contributed by atoms with Crippen molar-refractivity contribution in [2.24, 2.45) is 11.8 Å². The lowest BCUT2D eigenvalue weighted by atomic mass is 9.51. The number of fused-ring (bicyclic) bond motifs is 1. The summed E-state index contributed by atoms with van der Waals surface area (Å²) in [5.74, 6) is -3.32. The van der Waals surface area contributed by atoms with Crippen molar-refractivity contribution in [1.29, 1.82) is 0 Å². The van der Waals surface area contributed by atoms with E-state index in [0.29, 0.717) is 12.0 Å². The first-order chi connectivity index (χ1) is 19.1. The van der Waals surface area contributed by atoms with Gasteiger partial charge in [0, 0.05) is 40.5 Å². The quantitative estimate of drug-likeness (QED) is 0.292. The van der Waals surface area contributed by atoms with Gasteiger partial charge in [-0.25, -0.2) is 4.79 Å². The van der Waals surface area contributed by atoms with Crippen LogP contribution in [0.15, 0.2) is 46.6 Å². The first kappa shape index (κ1) is 28.9. The van der Waals surface area contributed by atoms with Crippen LogP contribution in [0, 0.1) is 11.8 Å². The van der Waals surface area contributed by atoms with E-state index < -0.39 is 40.4 Å². The Balaban J connectivity index is 1.81. The number of Topliss-reactive ketones (excluding diaryl/α,β-unsaturated/α-hetero) is 2. The minimum Gasteiger partial charge on any atom is -0.507 e. The van der Waals surface area contributed by atoms with Gasteiger partial charge in [0.1, 0.15) is 22.8 Å². The number of hydrogen-bond donors (Lipinski definition) is 3. The zero-order valence-corrected chi connectivity index (χ0v) is 24.7. The number of carboxylic acids is 1. The third-order valence-electron chi connectivity index (χ3n) is 9.15. The van der Waals surface area contributed by atoms with E-state index in [9.17, 15) is 29.7 Å². The van der Waals surface area contributed by atoms with E-state index in [1.807, 2.05) is 53.7 Å². The number of aromatic hydroxyl groups is 2. The monoisotopic (exact) mass is 562 g/mol. The van der Waals surface area contributed by atoms with E-state index in [1.54, 1.807) is 6.08 Å². The number of phenolic OH excluding ortho intramolecular Hbond substituents is 2. The topological polar surface area (TPSA) is 130 Å². The van der Waals surface area contributed by atoms with Gasteiger partial charge in [0.05, 0.1) is 5.60 Å². The molecule has 1 aromatic carbocycles. The van der Waals surface area contributed by atoms with Crippen LogP contribution in [0.4, 0.5) is 0 Å². The van der Waals surface area contributed by atoms with E-state index in [-0.39, 0.29) is 64.6 Å². The number of carbonyl (C=O) groups is 3. The van der Waals surface area contributed by atoms with Crippen molar-refractivity contribution < 1.29 is 39.2 Å². The first-order valence-corrected chi connectivity index (χ1v) is 14.1. The molecule has 0 unspecified atom stereocenters. The van der Waals surface area contributed by atoms with Crippen molar-refractivity contribution in [1.82, 2.24) is 0 Å². The smallest absolute Gasteiger partial charge is 0.330 e. The third kappa shape index (κ3) is 3.94. The summed E-state index contributed by atoms with van der Waals surface area (Å²) in [6.45, 7) is 12.8. The van der Waals surface area contributed by atoms with Gasteiger partial charge in [0.25, 0.3) is 0 Å². The van der Waals surface area contributed by atoms with Crippen molar-refractivity contribution in [3.63, 3.8) is 0 Å². The van der Waals surface area contributed by atoms with Crippen LogP contribution < -0.4 is 4.74 Å². The van der Waals surface area contributed by atoms with Crippen LogP contribution in [0.3, 0.4) is 0 Å². The highest BCUT2D eigenvalue weighted by Gasteiger charge is 2.81. The van der Waals surface area contributed by atoms with Crippen molar-refractivity contribution in [2.45, 2.75) is 91.0 Å². The fraction of sp³-hybridized carbons (Fsp3) is 0.485. The number of carbonyl (C=O) groups excluding carboxylic acids is 2. The van der Waals surface area contributed by atoms with E-state index in [4.69, 9.17) is 9.47 Å². The molecule has 0 radical (unpaired) electrons. The largest absolute Gasteiger partial charge is 0.507 e. The second-order valence-corrected chi connectivity index (χ2v) is 12.8. The van der Waals surface area contributed by atoms with E-state index in [2.05, 4.69) is 0 Å². The van der Waals surface area contributed by atoms with Crippen LogP contribution in [-0.2, 0) is 27.2 Å². The molecule has 1 spiro atoms. The molecule has 2 fully saturated rings. The summed E-state index contributed by atoms with van der Waals surface area (Å²) < 4.78 is 13.5. The molecule has 1 saturated heterocycles. The van der Waals surface area contributed by atoms with E-state index in [1.165, 1.54) is 13.0 Å². The van der Waals surface area contributed by atoms with Crippen molar-refractivity contribution in [3.05, 3.63) is 63.3 Å². The Morgan fingerprint density at radius 3 is 2.17 bits per heavy atom. The van der Waals surface area contributed by atoms with Crippen molar-refractivity contribution in [2.75, 3.05) is 0 Å². The standard InChI is InChI=1S/C33H38O8/c1-16(2)8-10-20-25(34)21(11-9-17(3)4)28-24(26(20)35)27(36)22-14-19-15-23-31(6,7)41-32(29(19)37,33(22,23)40-28)13-12-18(5)30(38)39/h8-9,12,14,19,23,34-35H,10-11,13,15H2,1-7H3,(H,38,39)/b18-12-/t19-,23+,32-,33+/m0/s1. The highest BCUT2D eigenvalue weighted by Crippen LogP contribution is 2.68. The summed E-state index contributed by atoms with van der Waals surface area (Å²) in [5, 5.41) is 32.5. The molecule has 2 heterocycles. The van der Waals surface area contributed by atoms with Gasteiger partial charge in [-0.15, -0.1) is 0 Å². The molecule has 2 aliphatic heterocycles. The number of allylic oxidation sites excluding steroid dienone is 5. The number of carboxylic acid groups (broad SMARTS) is 1. The first-order valence-electron chi connectivity index (χ1n) is 14.1. The van der Waals surface area contributed by atoms with Crippen LogP contribution in [0.25, 0.3) is 0 Å². The maximum atomic E-state index is 14.5. The number of phenols is 2. The Kier molecular flexibility index (Phi) is 6.65. The average molecular weight is 563 g/mol. The predicted molar refractivity (Wildman–Crippen MR) is 152 cm³/mol. The van der Waals surface area contributed by atoms with E-state index >= 15 is 0 Å². The number of aliphatic carboxylic acids is 1. The lowest BCUT2D eigenvalue weighted by Gasteiger charge is -2.56. The molecule has 8 nitrogen and oxygen atoms in total. The average Bonchev–Trinajstić information content (AvgIpc) is 3.03. The number of hydrogen-bond acceptors (Lipinski definition) is 7. The second kappa shape index (κ2) is 9.44. The van der Waals surface area contributed by atoms with Crippen molar-refractivity contribution >= 4 is 17.5 Å². The van der Waals surface area contributed by atoms with Gasteiger partial charge in [-0.1, -0.05) is 35.5 Å². The van der Waals surface area contributed by atoms with Gasteiger partial charge in [-0.05, 0) is 67.7 Å². The molecular formula is C33H38O8. The molecule has 4 bridgehead atoms. The summed E-state index contributed by atoms with van der Waals surface area (Å²) in [5.41, 5.74) is -1.27. The predicted octanol–water partition coefficient (Wildman–Crippen LogP) is 5.54. The Morgan fingerprint density at radius 2 is 1.59 bits per heavy atom. The van der Waals surface area contributed by atoms with Gasteiger partial charge < -0.3 is 24.8 Å². The Labute approximate surface area is 240 Å². The second-order valence-electron chi connectivity index (χ2n) is 12.8. The maximum Gasteiger partial charge on any atom is 0.330 e. The molecule has 4 atom stereocenters. The molecule has 3 N–H and O–H groups in total. The van der Waals surface area contributed by atoms with Crippen LogP contribution in [-0.4, -0.2) is 49.7 Å². The van der Waals surface area contributed by atoms with Gasteiger partial charge in [-0.3, -0.25) is 9.59 Å². The van der Waals surface area contributed by atoms with Crippen LogP contribution in [0.2, 0.25) is 0 Å². The summed E-state index contributed by atoms with van der Waals surface area (Å²) in [6.07, 6.45) is 7.63. The summed E-state index contributed by atoms with van der Waals surface area (Å²) in [6, 6.07) is 0. The number of ether oxygens (including phenoxy) is 2. The molecule has 1 aromatic rings. The fourth-order valence-electron chi connectivity index (χ4n) is 7.14. The van der Waals surface area contributed by atoms with Crippen LogP contribution in [0.1, 0.15) is 82.8 Å². The molecule has 41 heavy (non-hydrogen) atoms. The lowest BCUT2D eigenvalue weighted by molar-refractivity contribution is -0.171. The Bertz CT molecular complexity index is 1510. The number of benzene rings is 1. The fourth-order valence-corrected chi connectivity index (χ4v) is 7.14.